The Bertz CT molecular complexity index is 1330. The van der Waals surface area contributed by atoms with Crippen LogP contribution in [0.4, 0.5) is 0 Å². The Balaban J connectivity index is 1.22. The third kappa shape index (κ3) is 5.09. The van der Waals surface area contributed by atoms with E-state index >= 15 is 0 Å². The van der Waals surface area contributed by atoms with E-state index in [2.05, 4.69) is 121 Å². The fraction of sp³-hybridized carbons (Fsp3) is 0.125. The summed E-state index contributed by atoms with van der Waals surface area (Å²) >= 11 is 0. The van der Waals surface area contributed by atoms with Gasteiger partial charge >= 0.3 is 0 Å². The molecule has 0 aliphatic heterocycles. The van der Waals surface area contributed by atoms with E-state index in [-0.39, 0.29) is 6.04 Å². The highest BCUT2D eigenvalue weighted by atomic mass is 14.9. The van der Waals surface area contributed by atoms with Gasteiger partial charge in [0.15, 0.2) is 0 Å². The molecule has 2 nitrogen and oxygen atoms in total. The average molecular weight is 443 g/mol. The molecule has 0 saturated heterocycles. The molecule has 0 spiro atoms. The van der Waals surface area contributed by atoms with E-state index in [0.29, 0.717) is 6.54 Å². The Morgan fingerprint density at radius 2 is 1.18 bits per heavy atom. The first-order chi connectivity index (χ1) is 16.8. The van der Waals surface area contributed by atoms with E-state index < -0.39 is 0 Å². The van der Waals surface area contributed by atoms with Crippen LogP contribution in [0.3, 0.4) is 0 Å². The van der Waals surface area contributed by atoms with Crippen LogP contribution in [0.1, 0.15) is 11.1 Å². The minimum atomic E-state index is 0.236. The van der Waals surface area contributed by atoms with Crippen molar-refractivity contribution in [2.75, 3.05) is 6.54 Å². The molecule has 0 fully saturated rings. The topological polar surface area (TPSA) is 38.0 Å². The zero-order chi connectivity index (χ0) is 23.2. The molecule has 5 aromatic carbocycles. The van der Waals surface area contributed by atoms with Crippen molar-refractivity contribution < 1.29 is 0 Å². The van der Waals surface area contributed by atoms with Gasteiger partial charge in [-0.3, -0.25) is 0 Å². The molecule has 0 saturated carbocycles. The molecule has 1 unspecified atom stereocenters. The Kier molecular flexibility index (Phi) is 6.81. The van der Waals surface area contributed by atoms with Gasteiger partial charge in [0.25, 0.3) is 0 Å². The quantitative estimate of drug-likeness (QED) is 0.276. The largest absolute Gasteiger partial charge is 0.329 e. The monoisotopic (exact) mass is 442 g/mol. The van der Waals surface area contributed by atoms with Crippen LogP contribution < -0.4 is 11.1 Å². The number of hydrogen-bond acceptors (Lipinski definition) is 2. The van der Waals surface area contributed by atoms with Gasteiger partial charge in [0, 0.05) is 19.1 Å². The van der Waals surface area contributed by atoms with Crippen molar-refractivity contribution in [1.29, 1.82) is 0 Å². The maximum Gasteiger partial charge on any atom is 0.0233 e. The Morgan fingerprint density at radius 1 is 0.559 bits per heavy atom. The van der Waals surface area contributed by atoms with Gasteiger partial charge in [-0.05, 0) is 50.6 Å². The molecule has 0 aliphatic carbocycles. The molecule has 0 radical (unpaired) electrons. The third-order valence-electron chi connectivity index (χ3n) is 6.48. The molecule has 0 bridgehead atoms. The number of nitrogens with one attached hydrogen (secondary N) is 1. The van der Waals surface area contributed by atoms with Crippen molar-refractivity contribution in [3.05, 3.63) is 132 Å². The van der Waals surface area contributed by atoms with Gasteiger partial charge in [0.1, 0.15) is 0 Å². The second-order valence-electron chi connectivity index (χ2n) is 8.80. The predicted molar refractivity (Wildman–Crippen MR) is 145 cm³/mol. The van der Waals surface area contributed by atoms with E-state index in [9.17, 15) is 0 Å². The van der Waals surface area contributed by atoms with Crippen molar-refractivity contribution in [2.45, 2.75) is 19.0 Å². The number of hydrogen-bond donors (Lipinski definition) is 2. The molecule has 0 aliphatic rings. The SMILES string of the molecule is NCC(Cc1ccc(-c2ccccc2)cc1)NCc1ccc(-c2cccc3ccccc23)cc1. The van der Waals surface area contributed by atoms with Crippen molar-refractivity contribution in [1.82, 2.24) is 5.32 Å². The van der Waals surface area contributed by atoms with Crippen LogP contribution in [0.5, 0.6) is 0 Å². The molecule has 3 N–H and O–H groups in total. The Labute approximate surface area is 202 Å². The molecule has 168 valence electrons. The van der Waals surface area contributed by atoms with Crippen molar-refractivity contribution in [2.24, 2.45) is 5.73 Å². The number of nitrogens with two attached hydrogens (primary N) is 1. The first kappa shape index (κ1) is 22.1. The van der Waals surface area contributed by atoms with Crippen LogP contribution in [0.15, 0.2) is 121 Å². The van der Waals surface area contributed by atoms with E-state index in [4.69, 9.17) is 5.73 Å². The zero-order valence-electron chi connectivity index (χ0n) is 19.3. The van der Waals surface area contributed by atoms with Crippen LogP contribution >= 0.6 is 0 Å². The van der Waals surface area contributed by atoms with Crippen LogP contribution in [-0.2, 0) is 13.0 Å². The molecular formula is C32H30N2. The van der Waals surface area contributed by atoms with Gasteiger partial charge in [0.05, 0.1) is 0 Å². The van der Waals surface area contributed by atoms with Gasteiger partial charge in [0.2, 0.25) is 0 Å². The van der Waals surface area contributed by atoms with E-state index in [1.807, 2.05) is 6.07 Å². The molecule has 1 atom stereocenters. The number of benzene rings is 5. The van der Waals surface area contributed by atoms with Crippen LogP contribution in [0.2, 0.25) is 0 Å². The lowest BCUT2D eigenvalue weighted by atomic mass is 9.97. The van der Waals surface area contributed by atoms with Crippen molar-refractivity contribution in [3.63, 3.8) is 0 Å². The molecule has 0 aromatic heterocycles. The average Bonchev–Trinajstić information content (AvgIpc) is 2.92. The first-order valence-electron chi connectivity index (χ1n) is 11.9. The second-order valence-corrected chi connectivity index (χ2v) is 8.80. The molecule has 5 aromatic rings. The number of fused-ring (bicyclic) bond motifs is 1. The summed E-state index contributed by atoms with van der Waals surface area (Å²) in [5.74, 6) is 0. The molecule has 34 heavy (non-hydrogen) atoms. The van der Waals surface area contributed by atoms with Gasteiger partial charge in [-0.25, -0.2) is 0 Å². The summed E-state index contributed by atoms with van der Waals surface area (Å²) in [6.45, 7) is 1.41. The van der Waals surface area contributed by atoms with Gasteiger partial charge in [-0.2, -0.15) is 0 Å². The lowest BCUT2D eigenvalue weighted by molar-refractivity contribution is 0.516. The molecule has 5 rings (SSSR count). The fourth-order valence-electron chi connectivity index (χ4n) is 4.53. The summed E-state index contributed by atoms with van der Waals surface area (Å²) in [5.41, 5.74) is 13.7. The fourth-order valence-corrected chi connectivity index (χ4v) is 4.53. The van der Waals surface area contributed by atoms with Crippen molar-refractivity contribution in [3.8, 4) is 22.3 Å². The standard InChI is InChI=1S/C32H30N2/c33-22-30(21-24-13-17-27(18-14-24)26-7-2-1-3-8-26)34-23-25-15-19-29(20-16-25)32-12-6-10-28-9-4-5-11-31(28)32/h1-20,30,34H,21-23,33H2. The first-order valence-corrected chi connectivity index (χ1v) is 11.9. The van der Waals surface area contributed by atoms with Crippen LogP contribution in [-0.4, -0.2) is 12.6 Å². The Hall–Kier alpha value is -3.72. The van der Waals surface area contributed by atoms with Crippen LogP contribution in [0, 0.1) is 0 Å². The van der Waals surface area contributed by atoms with Crippen molar-refractivity contribution >= 4 is 10.8 Å². The third-order valence-corrected chi connectivity index (χ3v) is 6.48. The van der Waals surface area contributed by atoms with Crippen LogP contribution in [0.25, 0.3) is 33.0 Å². The predicted octanol–water partition coefficient (Wildman–Crippen LogP) is 6.83. The molecule has 2 heteroatoms. The van der Waals surface area contributed by atoms with Gasteiger partial charge in [-0.15, -0.1) is 0 Å². The maximum absolute atomic E-state index is 6.10. The van der Waals surface area contributed by atoms with E-state index in [1.54, 1.807) is 0 Å². The van der Waals surface area contributed by atoms with Gasteiger partial charge < -0.3 is 11.1 Å². The second kappa shape index (κ2) is 10.5. The highest BCUT2D eigenvalue weighted by Gasteiger charge is 2.09. The maximum atomic E-state index is 6.10. The molecule has 0 heterocycles. The molecular weight excluding hydrogens is 412 g/mol. The van der Waals surface area contributed by atoms with E-state index in [1.165, 1.54) is 44.2 Å². The highest BCUT2D eigenvalue weighted by molar-refractivity contribution is 5.96. The molecule has 0 amide bonds. The minimum absolute atomic E-state index is 0.236. The number of rotatable bonds is 8. The smallest absolute Gasteiger partial charge is 0.0233 e. The highest BCUT2D eigenvalue weighted by Crippen LogP contribution is 2.28. The normalized spacial score (nSPS) is 12.0. The summed E-state index contributed by atoms with van der Waals surface area (Å²) in [5, 5.41) is 6.21. The minimum Gasteiger partial charge on any atom is -0.329 e. The summed E-state index contributed by atoms with van der Waals surface area (Å²) in [4.78, 5) is 0. The zero-order valence-corrected chi connectivity index (χ0v) is 19.3. The summed E-state index contributed by atoms with van der Waals surface area (Å²) in [6, 6.07) is 43.5. The summed E-state index contributed by atoms with van der Waals surface area (Å²) < 4.78 is 0. The van der Waals surface area contributed by atoms with E-state index in [0.717, 1.165) is 13.0 Å². The Morgan fingerprint density at radius 3 is 1.94 bits per heavy atom. The summed E-state index contributed by atoms with van der Waals surface area (Å²) in [7, 11) is 0. The van der Waals surface area contributed by atoms with Gasteiger partial charge in [-0.1, -0.05) is 121 Å². The lowest BCUT2D eigenvalue weighted by Gasteiger charge is -2.17. The lowest BCUT2D eigenvalue weighted by Crippen LogP contribution is -2.37. The summed E-state index contributed by atoms with van der Waals surface area (Å²) in [6.07, 6.45) is 0.916.